The van der Waals surface area contributed by atoms with Crippen molar-refractivity contribution in [3.63, 3.8) is 0 Å². The molecule has 1 heterocycles. The van der Waals surface area contributed by atoms with E-state index in [4.69, 9.17) is 4.99 Å². The van der Waals surface area contributed by atoms with Crippen LogP contribution in [0.2, 0.25) is 0 Å². The van der Waals surface area contributed by atoms with Gasteiger partial charge in [0.25, 0.3) is 5.91 Å². The van der Waals surface area contributed by atoms with Crippen LogP contribution < -0.4 is 5.32 Å². The SMILES string of the molecule is O=C(NC1CCCCC1)C1C(c2ccccc2)=Nc2ccccc2C(=O)N1Cc1ccc(F)cc1. The number of hydrogen-bond donors (Lipinski definition) is 1. The van der Waals surface area contributed by atoms with Crippen LogP contribution in [0.1, 0.15) is 53.6 Å². The van der Waals surface area contributed by atoms with Crippen molar-refractivity contribution in [3.05, 3.63) is 101 Å². The molecular formula is C29H28FN3O2. The van der Waals surface area contributed by atoms with Crippen LogP contribution in [0, 0.1) is 5.82 Å². The van der Waals surface area contributed by atoms with Crippen LogP contribution in [0.15, 0.2) is 83.9 Å². The lowest BCUT2D eigenvalue weighted by Gasteiger charge is -2.33. The number of halogens is 1. The fourth-order valence-electron chi connectivity index (χ4n) is 4.94. The molecule has 5 nitrogen and oxygen atoms in total. The van der Waals surface area contributed by atoms with Crippen LogP contribution in [0.3, 0.4) is 0 Å². The summed E-state index contributed by atoms with van der Waals surface area (Å²) >= 11 is 0. The fourth-order valence-corrected chi connectivity index (χ4v) is 4.94. The number of nitrogens with one attached hydrogen (secondary N) is 1. The van der Waals surface area contributed by atoms with Crippen molar-refractivity contribution in [2.75, 3.05) is 0 Å². The summed E-state index contributed by atoms with van der Waals surface area (Å²) in [5.41, 5.74) is 3.02. The highest BCUT2D eigenvalue weighted by molar-refractivity contribution is 6.21. The smallest absolute Gasteiger partial charge is 0.257 e. The molecule has 0 spiro atoms. The topological polar surface area (TPSA) is 61.8 Å². The number of fused-ring (bicyclic) bond motifs is 1. The predicted octanol–water partition coefficient (Wildman–Crippen LogP) is 5.42. The molecule has 1 aliphatic heterocycles. The Balaban J connectivity index is 1.61. The minimum Gasteiger partial charge on any atom is -0.351 e. The highest BCUT2D eigenvalue weighted by Gasteiger charge is 2.39. The average molecular weight is 470 g/mol. The van der Waals surface area contributed by atoms with Gasteiger partial charge in [-0.05, 0) is 48.2 Å². The fraction of sp³-hybridized carbons (Fsp3) is 0.276. The van der Waals surface area contributed by atoms with Gasteiger partial charge in [0, 0.05) is 12.6 Å². The second kappa shape index (κ2) is 10.2. The van der Waals surface area contributed by atoms with Gasteiger partial charge < -0.3 is 10.2 Å². The Labute approximate surface area is 204 Å². The van der Waals surface area contributed by atoms with E-state index < -0.39 is 6.04 Å². The van der Waals surface area contributed by atoms with Gasteiger partial charge in [0.2, 0.25) is 5.91 Å². The summed E-state index contributed by atoms with van der Waals surface area (Å²) in [6, 6.07) is 21.9. The second-order valence-corrected chi connectivity index (χ2v) is 9.19. The molecule has 6 heteroatoms. The molecule has 3 aromatic rings. The molecule has 1 fully saturated rings. The molecule has 3 aromatic carbocycles. The Morgan fingerprint density at radius 1 is 0.914 bits per heavy atom. The summed E-state index contributed by atoms with van der Waals surface area (Å²) in [6.07, 6.45) is 5.21. The molecular weight excluding hydrogens is 441 g/mol. The number of para-hydroxylation sites is 1. The first-order valence-corrected chi connectivity index (χ1v) is 12.2. The van der Waals surface area contributed by atoms with Gasteiger partial charge >= 0.3 is 0 Å². The van der Waals surface area contributed by atoms with Crippen molar-refractivity contribution in [2.45, 2.75) is 50.7 Å². The molecule has 2 aliphatic rings. The average Bonchev–Trinajstić information content (AvgIpc) is 3.01. The van der Waals surface area contributed by atoms with E-state index >= 15 is 0 Å². The van der Waals surface area contributed by atoms with E-state index in [9.17, 15) is 14.0 Å². The van der Waals surface area contributed by atoms with E-state index in [1.807, 2.05) is 36.4 Å². The predicted molar refractivity (Wildman–Crippen MR) is 134 cm³/mol. The lowest BCUT2D eigenvalue weighted by molar-refractivity contribution is -0.124. The van der Waals surface area contributed by atoms with Crippen LogP contribution in [-0.2, 0) is 11.3 Å². The maximum Gasteiger partial charge on any atom is 0.257 e. The molecule has 1 aliphatic carbocycles. The van der Waals surface area contributed by atoms with Gasteiger partial charge in [0.05, 0.1) is 17.0 Å². The highest BCUT2D eigenvalue weighted by atomic mass is 19.1. The van der Waals surface area contributed by atoms with Crippen LogP contribution in [0.25, 0.3) is 0 Å². The molecule has 0 saturated heterocycles. The van der Waals surface area contributed by atoms with Crippen LogP contribution in [0.5, 0.6) is 0 Å². The van der Waals surface area contributed by atoms with Crippen molar-refractivity contribution in [1.29, 1.82) is 0 Å². The lowest BCUT2D eigenvalue weighted by atomic mass is 9.94. The molecule has 2 amide bonds. The third kappa shape index (κ3) is 5.02. The van der Waals surface area contributed by atoms with E-state index in [1.54, 1.807) is 35.2 Å². The van der Waals surface area contributed by atoms with Gasteiger partial charge in [-0.2, -0.15) is 0 Å². The zero-order chi connectivity index (χ0) is 24.2. The zero-order valence-electron chi connectivity index (χ0n) is 19.5. The maximum atomic E-state index is 13.9. The van der Waals surface area contributed by atoms with Gasteiger partial charge in [-0.15, -0.1) is 0 Å². The van der Waals surface area contributed by atoms with Gasteiger partial charge in [-0.25, -0.2) is 9.38 Å². The van der Waals surface area contributed by atoms with Crippen molar-refractivity contribution in [2.24, 2.45) is 4.99 Å². The zero-order valence-corrected chi connectivity index (χ0v) is 19.5. The molecule has 0 aromatic heterocycles. The number of nitrogens with zero attached hydrogens (tertiary/aromatic N) is 2. The number of rotatable bonds is 5. The third-order valence-electron chi connectivity index (χ3n) is 6.74. The Bertz CT molecular complexity index is 1230. The van der Waals surface area contributed by atoms with Crippen LogP contribution in [0.4, 0.5) is 10.1 Å². The Morgan fingerprint density at radius 3 is 2.34 bits per heavy atom. The highest BCUT2D eigenvalue weighted by Crippen LogP contribution is 2.30. The number of aliphatic imine (C=N–C) groups is 1. The first-order chi connectivity index (χ1) is 17.1. The summed E-state index contributed by atoms with van der Waals surface area (Å²) < 4.78 is 13.6. The summed E-state index contributed by atoms with van der Waals surface area (Å²) in [4.78, 5) is 34.3. The first-order valence-electron chi connectivity index (χ1n) is 12.2. The van der Waals surface area contributed by atoms with E-state index in [0.717, 1.165) is 36.8 Å². The monoisotopic (exact) mass is 469 g/mol. The molecule has 178 valence electrons. The van der Waals surface area contributed by atoms with Crippen molar-refractivity contribution >= 4 is 23.2 Å². The molecule has 1 saturated carbocycles. The van der Waals surface area contributed by atoms with Crippen LogP contribution in [-0.4, -0.2) is 34.5 Å². The Morgan fingerprint density at radius 2 is 1.60 bits per heavy atom. The van der Waals surface area contributed by atoms with E-state index in [-0.39, 0.29) is 30.2 Å². The minimum absolute atomic E-state index is 0.0849. The summed E-state index contributed by atoms with van der Waals surface area (Å²) in [7, 11) is 0. The van der Waals surface area contributed by atoms with Gasteiger partial charge in [-0.3, -0.25) is 9.59 Å². The lowest BCUT2D eigenvalue weighted by Crippen LogP contribution is -2.55. The van der Waals surface area contributed by atoms with Crippen molar-refractivity contribution in [3.8, 4) is 0 Å². The summed E-state index contributed by atoms with van der Waals surface area (Å²) in [5, 5.41) is 3.21. The number of benzene rings is 3. The summed E-state index contributed by atoms with van der Waals surface area (Å²) in [5.74, 6) is -0.856. The Kier molecular flexibility index (Phi) is 6.70. The normalized spacial score (nSPS) is 18.4. The maximum absolute atomic E-state index is 13.9. The number of carbonyl (C=O) groups excluding carboxylic acids is 2. The molecule has 0 radical (unpaired) electrons. The third-order valence-corrected chi connectivity index (χ3v) is 6.74. The second-order valence-electron chi connectivity index (χ2n) is 9.19. The van der Waals surface area contributed by atoms with Gasteiger partial charge in [0.1, 0.15) is 5.82 Å². The van der Waals surface area contributed by atoms with Crippen molar-refractivity contribution < 1.29 is 14.0 Å². The molecule has 1 unspecified atom stereocenters. The van der Waals surface area contributed by atoms with E-state index in [1.165, 1.54) is 18.6 Å². The quantitative estimate of drug-likeness (QED) is 0.542. The minimum atomic E-state index is -0.927. The number of carbonyl (C=O) groups is 2. The number of amides is 2. The molecule has 35 heavy (non-hydrogen) atoms. The number of hydrogen-bond acceptors (Lipinski definition) is 3. The Hall–Kier alpha value is -3.80. The van der Waals surface area contributed by atoms with Gasteiger partial charge in [0.15, 0.2) is 6.04 Å². The van der Waals surface area contributed by atoms with E-state index in [0.29, 0.717) is 17.0 Å². The molecule has 5 rings (SSSR count). The first kappa shape index (κ1) is 23.0. The largest absolute Gasteiger partial charge is 0.351 e. The molecule has 1 atom stereocenters. The molecule has 0 bridgehead atoms. The van der Waals surface area contributed by atoms with Crippen molar-refractivity contribution in [1.82, 2.24) is 10.2 Å². The van der Waals surface area contributed by atoms with E-state index in [2.05, 4.69) is 5.32 Å². The summed E-state index contributed by atoms with van der Waals surface area (Å²) in [6.45, 7) is 0.155. The molecule has 1 N–H and O–H groups in total. The van der Waals surface area contributed by atoms with Crippen LogP contribution >= 0.6 is 0 Å². The standard InChI is InChI=1S/C29H28FN3O2/c30-22-17-15-20(16-18-22)19-33-27(28(34)31-23-11-5-2-6-12-23)26(21-9-3-1-4-10-21)32-25-14-8-7-13-24(25)29(33)35/h1,3-4,7-10,13-18,23,27H,2,5-6,11-12,19H2,(H,31,34). The van der Waals surface area contributed by atoms with Gasteiger partial charge in [-0.1, -0.05) is 73.9 Å².